The predicted molar refractivity (Wildman–Crippen MR) is 99.2 cm³/mol. The Balaban J connectivity index is 2.48. The van der Waals surface area contributed by atoms with Gasteiger partial charge in [0.2, 0.25) is 0 Å². The normalized spacial score (nSPS) is 19.8. The number of ether oxygens (including phenoxy) is 1. The number of rotatable bonds is 4. The largest absolute Gasteiger partial charge is 0.444 e. The van der Waals surface area contributed by atoms with E-state index in [-0.39, 0.29) is 6.61 Å². The quantitative estimate of drug-likeness (QED) is 0.840. The molecule has 0 saturated carbocycles. The molecular weight excluding hydrogens is 341 g/mol. The molecule has 2 rings (SSSR count). The Morgan fingerprint density at radius 3 is 2.40 bits per heavy atom. The van der Waals surface area contributed by atoms with E-state index in [9.17, 15) is 14.3 Å². The Labute approximate surface area is 153 Å². The van der Waals surface area contributed by atoms with Gasteiger partial charge >= 0.3 is 6.09 Å². The highest BCUT2D eigenvalue weighted by Crippen LogP contribution is 2.49. The molecule has 1 fully saturated rings. The topological polar surface area (TPSA) is 58.6 Å². The fourth-order valence-corrected chi connectivity index (χ4v) is 4.71. The highest BCUT2D eigenvalue weighted by Gasteiger charge is 2.52. The number of aliphatic hydroxyl groups is 1. The molecule has 0 bridgehead atoms. The fraction of sp³-hybridized carbons (Fsp3) is 0.632. The van der Waals surface area contributed by atoms with E-state index < -0.39 is 28.5 Å². The molecule has 1 aromatic rings. The SMILES string of the molecule is CC(C)(C)OC(=O)N[C@](C)(c1ccccc1F)C1(CO)CCSCC1. The number of carbonyl (C=O) groups excluding carboxylic acids is 1. The standard InChI is InChI=1S/C19H28FNO3S/c1-17(2,3)24-16(23)21-18(4,14-7-5-6-8-15(14)20)19(13-22)9-11-25-12-10-19/h5-8,22H,9-13H2,1-4H3,(H,21,23)/t18-/m1/s1. The van der Waals surface area contributed by atoms with Crippen LogP contribution in [0.4, 0.5) is 9.18 Å². The molecular formula is C19H28FNO3S. The maximum atomic E-state index is 14.7. The van der Waals surface area contributed by atoms with Crippen LogP contribution in [0.3, 0.4) is 0 Å². The van der Waals surface area contributed by atoms with Gasteiger partial charge in [-0.1, -0.05) is 18.2 Å². The number of amides is 1. The Morgan fingerprint density at radius 1 is 1.28 bits per heavy atom. The van der Waals surface area contributed by atoms with Crippen molar-refractivity contribution in [2.45, 2.75) is 51.7 Å². The third kappa shape index (κ3) is 4.29. The third-order valence-electron chi connectivity index (χ3n) is 4.98. The van der Waals surface area contributed by atoms with E-state index in [1.54, 1.807) is 45.9 Å². The summed E-state index contributed by atoms with van der Waals surface area (Å²) in [5, 5.41) is 13.1. The number of hydrogen-bond donors (Lipinski definition) is 2. The van der Waals surface area contributed by atoms with Crippen molar-refractivity contribution in [1.82, 2.24) is 5.32 Å². The molecule has 6 heteroatoms. The maximum absolute atomic E-state index is 14.7. The fourth-order valence-electron chi connectivity index (χ4n) is 3.44. The second-order valence-corrected chi connectivity index (χ2v) is 9.01. The molecule has 4 nitrogen and oxygen atoms in total. The molecule has 1 amide bonds. The van der Waals surface area contributed by atoms with Crippen LogP contribution in [-0.2, 0) is 10.3 Å². The molecule has 1 aliphatic heterocycles. The van der Waals surface area contributed by atoms with E-state index in [0.717, 1.165) is 11.5 Å². The summed E-state index contributed by atoms with van der Waals surface area (Å²) in [5.41, 5.74) is -2.00. The van der Waals surface area contributed by atoms with Gasteiger partial charge in [0.25, 0.3) is 0 Å². The molecule has 0 aromatic heterocycles. The van der Waals surface area contributed by atoms with E-state index in [1.807, 2.05) is 11.8 Å². The number of hydrogen-bond acceptors (Lipinski definition) is 4. The molecule has 140 valence electrons. The lowest BCUT2D eigenvalue weighted by Crippen LogP contribution is -2.59. The van der Waals surface area contributed by atoms with Crippen molar-refractivity contribution < 1.29 is 19.0 Å². The van der Waals surface area contributed by atoms with Gasteiger partial charge in [-0.2, -0.15) is 11.8 Å². The Bertz CT molecular complexity index is 611. The van der Waals surface area contributed by atoms with Crippen LogP contribution in [0.5, 0.6) is 0 Å². The smallest absolute Gasteiger partial charge is 0.408 e. The number of alkyl carbamates (subject to hydrolysis) is 1. The van der Waals surface area contributed by atoms with Crippen LogP contribution in [0.1, 0.15) is 46.1 Å². The van der Waals surface area contributed by atoms with Crippen LogP contribution in [0.2, 0.25) is 0 Å². The molecule has 1 heterocycles. The molecule has 1 saturated heterocycles. The molecule has 1 aromatic carbocycles. The molecule has 0 aliphatic carbocycles. The number of thioether (sulfide) groups is 1. The van der Waals surface area contributed by atoms with E-state index in [0.29, 0.717) is 18.4 Å². The molecule has 1 atom stereocenters. The Kier molecular flexibility index (Phi) is 6.05. The van der Waals surface area contributed by atoms with Gasteiger partial charge in [0.1, 0.15) is 11.4 Å². The first kappa shape index (κ1) is 20.0. The zero-order valence-corrected chi connectivity index (χ0v) is 16.2. The first-order chi connectivity index (χ1) is 11.6. The number of carbonyl (C=O) groups is 1. The Hall–Kier alpha value is -1.27. The predicted octanol–water partition coefficient (Wildman–Crippen LogP) is 4.07. The van der Waals surface area contributed by atoms with Gasteiger partial charge in [-0.3, -0.25) is 0 Å². The van der Waals surface area contributed by atoms with Crippen LogP contribution >= 0.6 is 11.8 Å². The van der Waals surface area contributed by atoms with Crippen LogP contribution < -0.4 is 5.32 Å². The van der Waals surface area contributed by atoms with Crippen LogP contribution in [0, 0.1) is 11.2 Å². The van der Waals surface area contributed by atoms with Gasteiger partial charge in [-0.05, 0) is 58.1 Å². The minimum absolute atomic E-state index is 0.131. The van der Waals surface area contributed by atoms with Crippen LogP contribution in [0.15, 0.2) is 24.3 Å². The summed E-state index contributed by atoms with van der Waals surface area (Å²) in [7, 11) is 0. The van der Waals surface area contributed by atoms with E-state index in [2.05, 4.69) is 5.32 Å². The summed E-state index contributed by atoms with van der Waals surface area (Å²) < 4.78 is 20.1. The lowest BCUT2D eigenvalue weighted by Gasteiger charge is -2.50. The van der Waals surface area contributed by atoms with E-state index >= 15 is 0 Å². The van der Waals surface area contributed by atoms with Crippen molar-refractivity contribution in [3.63, 3.8) is 0 Å². The molecule has 25 heavy (non-hydrogen) atoms. The average molecular weight is 370 g/mol. The molecule has 1 aliphatic rings. The first-order valence-corrected chi connectivity index (χ1v) is 9.74. The number of benzene rings is 1. The summed E-state index contributed by atoms with van der Waals surface area (Å²) in [6, 6.07) is 6.42. The van der Waals surface area contributed by atoms with Crippen LogP contribution in [0.25, 0.3) is 0 Å². The number of halogens is 1. The number of aliphatic hydroxyl groups excluding tert-OH is 1. The summed E-state index contributed by atoms with van der Waals surface area (Å²) in [4.78, 5) is 12.5. The lowest BCUT2D eigenvalue weighted by atomic mass is 9.63. The Morgan fingerprint density at radius 2 is 1.88 bits per heavy atom. The summed E-state index contributed by atoms with van der Waals surface area (Å²) in [6.07, 6.45) is 0.771. The van der Waals surface area contributed by atoms with Crippen molar-refractivity contribution in [1.29, 1.82) is 0 Å². The highest BCUT2D eigenvalue weighted by atomic mass is 32.2. The molecule has 0 unspecified atom stereocenters. The van der Waals surface area contributed by atoms with Gasteiger partial charge in [-0.25, -0.2) is 9.18 Å². The zero-order chi connectivity index (χ0) is 18.7. The van der Waals surface area contributed by atoms with Gasteiger partial charge < -0.3 is 15.2 Å². The van der Waals surface area contributed by atoms with Gasteiger partial charge in [0.05, 0.1) is 12.1 Å². The van der Waals surface area contributed by atoms with Gasteiger partial charge in [0.15, 0.2) is 0 Å². The summed E-state index contributed by atoms with van der Waals surface area (Å²) >= 11 is 1.81. The summed E-state index contributed by atoms with van der Waals surface area (Å²) in [6.45, 7) is 7.01. The molecule has 0 radical (unpaired) electrons. The molecule has 2 N–H and O–H groups in total. The average Bonchev–Trinajstić information content (AvgIpc) is 2.53. The van der Waals surface area contributed by atoms with Crippen molar-refractivity contribution in [3.05, 3.63) is 35.6 Å². The van der Waals surface area contributed by atoms with Crippen molar-refractivity contribution >= 4 is 17.9 Å². The number of nitrogens with one attached hydrogen (secondary N) is 1. The lowest BCUT2D eigenvalue weighted by molar-refractivity contribution is -0.00362. The van der Waals surface area contributed by atoms with Crippen molar-refractivity contribution in [2.24, 2.45) is 5.41 Å². The second-order valence-electron chi connectivity index (χ2n) is 7.78. The highest BCUT2D eigenvalue weighted by molar-refractivity contribution is 7.99. The third-order valence-corrected chi connectivity index (χ3v) is 5.96. The second kappa shape index (κ2) is 7.54. The zero-order valence-electron chi connectivity index (χ0n) is 15.4. The first-order valence-electron chi connectivity index (χ1n) is 8.58. The minimum atomic E-state index is -1.07. The molecule has 0 spiro atoms. The van der Waals surface area contributed by atoms with Gasteiger partial charge in [0, 0.05) is 11.0 Å². The van der Waals surface area contributed by atoms with E-state index in [4.69, 9.17) is 4.74 Å². The van der Waals surface area contributed by atoms with Crippen molar-refractivity contribution in [3.8, 4) is 0 Å². The minimum Gasteiger partial charge on any atom is -0.444 e. The van der Waals surface area contributed by atoms with Crippen LogP contribution in [-0.4, -0.2) is 34.9 Å². The monoisotopic (exact) mass is 369 g/mol. The summed E-state index contributed by atoms with van der Waals surface area (Å²) in [5.74, 6) is 1.33. The van der Waals surface area contributed by atoms with E-state index in [1.165, 1.54) is 6.07 Å². The maximum Gasteiger partial charge on any atom is 0.408 e. The van der Waals surface area contributed by atoms with Crippen molar-refractivity contribution in [2.75, 3.05) is 18.1 Å². The van der Waals surface area contributed by atoms with Gasteiger partial charge in [-0.15, -0.1) is 0 Å².